The molecule has 1 aliphatic carbocycles. The van der Waals surface area contributed by atoms with Gasteiger partial charge in [-0.15, -0.1) is 0 Å². The van der Waals surface area contributed by atoms with Crippen molar-refractivity contribution < 1.29 is 4.39 Å². The van der Waals surface area contributed by atoms with Crippen molar-refractivity contribution in [2.75, 3.05) is 5.32 Å². The SMILES string of the molecule is Cc1ccc(NC2CCCC(C)C2)cc1F. The van der Waals surface area contributed by atoms with Crippen LogP contribution in [0, 0.1) is 18.7 Å². The summed E-state index contributed by atoms with van der Waals surface area (Å²) in [5.41, 5.74) is 1.63. The van der Waals surface area contributed by atoms with Crippen molar-refractivity contribution in [2.45, 2.75) is 45.6 Å². The zero-order valence-corrected chi connectivity index (χ0v) is 10.1. The van der Waals surface area contributed by atoms with Crippen LogP contribution >= 0.6 is 0 Å². The van der Waals surface area contributed by atoms with Gasteiger partial charge >= 0.3 is 0 Å². The van der Waals surface area contributed by atoms with Gasteiger partial charge in [-0.3, -0.25) is 0 Å². The van der Waals surface area contributed by atoms with Crippen LogP contribution in [0.2, 0.25) is 0 Å². The Labute approximate surface area is 97.1 Å². The molecule has 1 aromatic carbocycles. The lowest BCUT2D eigenvalue weighted by atomic mass is 9.87. The van der Waals surface area contributed by atoms with E-state index in [4.69, 9.17) is 0 Å². The first-order valence-corrected chi connectivity index (χ1v) is 6.18. The van der Waals surface area contributed by atoms with Crippen molar-refractivity contribution in [2.24, 2.45) is 5.92 Å². The molecule has 2 heteroatoms. The summed E-state index contributed by atoms with van der Waals surface area (Å²) in [6.45, 7) is 4.09. The highest BCUT2D eigenvalue weighted by atomic mass is 19.1. The third-order valence-corrected chi connectivity index (χ3v) is 3.48. The second-order valence-corrected chi connectivity index (χ2v) is 5.08. The van der Waals surface area contributed by atoms with Crippen molar-refractivity contribution in [3.8, 4) is 0 Å². The van der Waals surface area contributed by atoms with E-state index in [2.05, 4.69) is 12.2 Å². The Morgan fingerprint density at radius 3 is 2.81 bits per heavy atom. The van der Waals surface area contributed by atoms with Gasteiger partial charge in [0, 0.05) is 11.7 Å². The van der Waals surface area contributed by atoms with E-state index in [9.17, 15) is 4.39 Å². The Morgan fingerprint density at radius 2 is 2.12 bits per heavy atom. The van der Waals surface area contributed by atoms with Gasteiger partial charge in [0.15, 0.2) is 0 Å². The number of benzene rings is 1. The molecule has 0 bridgehead atoms. The standard InChI is InChI=1S/C14H20FN/c1-10-4-3-5-12(8-10)16-13-7-6-11(2)14(15)9-13/h6-7,9-10,12,16H,3-5,8H2,1-2H3. The first kappa shape index (κ1) is 11.4. The summed E-state index contributed by atoms with van der Waals surface area (Å²) < 4.78 is 13.4. The lowest BCUT2D eigenvalue weighted by molar-refractivity contribution is 0.358. The molecule has 1 N–H and O–H groups in total. The molecule has 0 aromatic heterocycles. The second kappa shape index (κ2) is 4.86. The van der Waals surface area contributed by atoms with Gasteiger partial charge in [-0.1, -0.05) is 25.8 Å². The summed E-state index contributed by atoms with van der Waals surface area (Å²) in [6.07, 6.45) is 5.03. The molecule has 2 rings (SSSR count). The van der Waals surface area contributed by atoms with Crippen LogP contribution in [0.1, 0.15) is 38.2 Å². The Kier molecular flexibility index (Phi) is 3.47. The number of aryl methyl sites for hydroxylation is 1. The minimum atomic E-state index is -0.117. The topological polar surface area (TPSA) is 12.0 Å². The van der Waals surface area contributed by atoms with E-state index in [1.165, 1.54) is 25.7 Å². The smallest absolute Gasteiger partial charge is 0.128 e. The fourth-order valence-corrected chi connectivity index (χ4v) is 2.48. The molecule has 88 valence electrons. The fraction of sp³-hybridized carbons (Fsp3) is 0.571. The Morgan fingerprint density at radius 1 is 1.31 bits per heavy atom. The molecule has 1 saturated carbocycles. The molecule has 1 nitrogen and oxygen atoms in total. The van der Waals surface area contributed by atoms with Crippen molar-refractivity contribution in [1.82, 2.24) is 0 Å². The fourth-order valence-electron chi connectivity index (χ4n) is 2.48. The van der Waals surface area contributed by atoms with Crippen LogP contribution in [0.15, 0.2) is 18.2 Å². The van der Waals surface area contributed by atoms with Crippen LogP contribution in [-0.2, 0) is 0 Å². The van der Waals surface area contributed by atoms with E-state index in [-0.39, 0.29) is 5.82 Å². The monoisotopic (exact) mass is 221 g/mol. The maximum Gasteiger partial charge on any atom is 0.128 e. The minimum absolute atomic E-state index is 0.117. The van der Waals surface area contributed by atoms with Crippen molar-refractivity contribution in [3.63, 3.8) is 0 Å². The summed E-state index contributed by atoms with van der Waals surface area (Å²) in [5, 5.41) is 3.44. The molecule has 2 atom stereocenters. The molecule has 0 radical (unpaired) electrons. The molecule has 1 fully saturated rings. The predicted molar refractivity (Wildman–Crippen MR) is 66.2 cm³/mol. The van der Waals surface area contributed by atoms with Gasteiger partial charge in [0.2, 0.25) is 0 Å². The Bertz CT molecular complexity index is 362. The summed E-state index contributed by atoms with van der Waals surface area (Å²) in [5.74, 6) is 0.676. The lowest BCUT2D eigenvalue weighted by Crippen LogP contribution is -2.26. The highest BCUT2D eigenvalue weighted by Gasteiger charge is 2.18. The van der Waals surface area contributed by atoms with Crippen LogP contribution in [0.5, 0.6) is 0 Å². The Balaban J connectivity index is 2.00. The normalized spacial score (nSPS) is 25.4. The van der Waals surface area contributed by atoms with Crippen LogP contribution < -0.4 is 5.32 Å². The van der Waals surface area contributed by atoms with E-state index in [0.717, 1.165) is 11.6 Å². The molecule has 1 aliphatic rings. The second-order valence-electron chi connectivity index (χ2n) is 5.08. The molecule has 0 amide bonds. The maximum absolute atomic E-state index is 13.4. The van der Waals surface area contributed by atoms with E-state index in [1.807, 2.05) is 12.1 Å². The van der Waals surface area contributed by atoms with Crippen LogP contribution in [0.4, 0.5) is 10.1 Å². The molecule has 2 unspecified atom stereocenters. The Hall–Kier alpha value is -1.05. The summed E-state index contributed by atoms with van der Waals surface area (Å²) in [7, 11) is 0. The number of nitrogens with one attached hydrogen (secondary N) is 1. The summed E-state index contributed by atoms with van der Waals surface area (Å²) in [4.78, 5) is 0. The lowest BCUT2D eigenvalue weighted by Gasteiger charge is -2.28. The van der Waals surface area contributed by atoms with Crippen molar-refractivity contribution >= 4 is 5.69 Å². The van der Waals surface area contributed by atoms with E-state index in [0.29, 0.717) is 11.6 Å². The maximum atomic E-state index is 13.4. The average molecular weight is 221 g/mol. The highest BCUT2D eigenvalue weighted by molar-refractivity contribution is 5.46. The molecular formula is C14H20FN. The zero-order chi connectivity index (χ0) is 11.5. The van der Waals surface area contributed by atoms with E-state index < -0.39 is 0 Å². The molecule has 0 heterocycles. The largest absolute Gasteiger partial charge is 0.382 e. The number of halogens is 1. The number of hydrogen-bond donors (Lipinski definition) is 1. The molecule has 0 spiro atoms. The predicted octanol–water partition coefficient (Wildman–Crippen LogP) is 4.12. The molecule has 0 aliphatic heterocycles. The minimum Gasteiger partial charge on any atom is -0.382 e. The van der Waals surface area contributed by atoms with E-state index >= 15 is 0 Å². The first-order chi connectivity index (χ1) is 7.65. The van der Waals surface area contributed by atoms with Crippen LogP contribution in [0.25, 0.3) is 0 Å². The quantitative estimate of drug-likeness (QED) is 0.792. The van der Waals surface area contributed by atoms with Gasteiger partial charge in [-0.2, -0.15) is 0 Å². The number of hydrogen-bond acceptors (Lipinski definition) is 1. The molecule has 1 aromatic rings. The van der Waals surface area contributed by atoms with Gasteiger partial charge in [-0.05, 0) is 43.4 Å². The first-order valence-electron chi connectivity index (χ1n) is 6.18. The zero-order valence-electron chi connectivity index (χ0n) is 10.1. The van der Waals surface area contributed by atoms with Gasteiger partial charge in [0.05, 0.1) is 0 Å². The van der Waals surface area contributed by atoms with Gasteiger partial charge in [0.25, 0.3) is 0 Å². The van der Waals surface area contributed by atoms with E-state index in [1.54, 1.807) is 13.0 Å². The van der Waals surface area contributed by atoms with Crippen LogP contribution in [-0.4, -0.2) is 6.04 Å². The van der Waals surface area contributed by atoms with Crippen LogP contribution in [0.3, 0.4) is 0 Å². The van der Waals surface area contributed by atoms with Gasteiger partial charge in [-0.25, -0.2) is 4.39 Å². The van der Waals surface area contributed by atoms with Crippen molar-refractivity contribution in [1.29, 1.82) is 0 Å². The third kappa shape index (κ3) is 2.75. The average Bonchev–Trinajstić information content (AvgIpc) is 2.24. The van der Waals surface area contributed by atoms with Gasteiger partial charge in [0.1, 0.15) is 5.82 Å². The molecule has 0 saturated heterocycles. The van der Waals surface area contributed by atoms with Crippen molar-refractivity contribution in [3.05, 3.63) is 29.6 Å². The summed E-state index contributed by atoms with van der Waals surface area (Å²) in [6, 6.07) is 5.93. The van der Waals surface area contributed by atoms with Gasteiger partial charge < -0.3 is 5.32 Å². The summed E-state index contributed by atoms with van der Waals surface area (Å²) >= 11 is 0. The number of anilines is 1. The molecular weight excluding hydrogens is 201 g/mol. The highest BCUT2D eigenvalue weighted by Crippen LogP contribution is 2.26. The molecule has 16 heavy (non-hydrogen) atoms. The number of rotatable bonds is 2. The third-order valence-electron chi connectivity index (χ3n) is 3.48.